The van der Waals surface area contributed by atoms with Crippen molar-refractivity contribution in [2.24, 2.45) is 11.8 Å². The summed E-state index contributed by atoms with van der Waals surface area (Å²) in [5, 5.41) is 5.98. The number of likely N-dealkylation sites (N-methyl/N-ethyl adjacent to an activating group) is 1. The van der Waals surface area contributed by atoms with E-state index in [0.717, 1.165) is 24.4 Å². The third-order valence-electron chi connectivity index (χ3n) is 7.19. The zero-order valence-corrected chi connectivity index (χ0v) is 23.5. The molecule has 13 heteroatoms. The van der Waals surface area contributed by atoms with Crippen molar-refractivity contribution < 1.29 is 27.8 Å². The number of alkyl halides is 1. The number of anilines is 2. The highest BCUT2D eigenvalue weighted by Gasteiger charge is 2.32. The van der Waals surface area contributed by atoms with Crippen LogP contribution in [0.15, 0.2) is 42.6 Å². The van der Waals surface area contributed by atoms with Crippen molar-refractivity contribution in [2.75, 3.05) is 49.5 Å². The number of benzene rings is 2. The number of hydrogen-bond donors (Lipinski definition) is 2. The van der Waals surface area contributed by atoms with Gasteiger partial charge in [0.1, 0.15) is 30.0 Å². The fourth-order valence-electron chi connectivity index (χ4n) is 4.81. The normalized spacial score (nSPS) is 20.6. The summed E-state index contributed by atoms with van der Waals surface area (Å²) in [5.41, 5.74) is 1.16. The van der Waals surface area contributed by atoms with E-state index in [0.29, 0.717) is 49.1 Å². The van der Waals surface area contributed by atoms with E-state index in [2.05, 4.69) is 20.6 Å². The van der Waals surface area contributed by atoms with Gasteiger partial charge in [-0.3, -0.25) is 9.59 Å². The van der Waals surface area contributed by atoms with Crippen molar-refractivity contribution in [1.29, 1.82) is 0 Å². The molecule has 2 aliphatic rings. The van der Waals surface area contributed by atoms with Gasteiger partial charge < -0.3 is 25.0 Å². The molecular formula is C28H27Cl2F2N5O4. The molecule has 0 saturated carbocycles. The summed E-state index contributed by atoms with van der Waals surface area (Å²) in [4.78, 5) is 35.8. The van der Waals surface area contributed by atoms with E-state index in [-0.39, 0.29) is 34.6 Å². The molecule has 1 aromatic heterocycles. The minimum Gasteiger partial charge on any atom is -0.489 e. The Hall–Kier alpha value is -3.54. The largest absolute Gasteiger partial charge is 0.489 e. The van der Waals surface area contributed by atoms with Crippen molar-refractivity contribution in [3.63, 3.8) is 0 Å². The maximum absolute atomic E-state index is 14.4. The van der Waals surface area contributed by atoms with Crippen LogP contribution in [0.5, 0.6) is 5.75 Å². The fraction of sp³-hybridized carbons (Fsp3) is 0.357. The smallest absolute Gasteiger partial charge is 0.289 e. The summed E-state index contributed by atoms with van der Waals surface area (Å²) in [6.07, 6.45) is 2.05. The predicted octanol–water partition coefficient (Wildman–Crippen LogP) is 4.53. The molecule has 216 valence electrons. The number of halogens is 4. The molecule has 2 unspecified atom stereocenters. The molecule has 3 atom stereocenters. The Kier molecular flexibility index (Phi) is 8.86. The number of carbonyl (C=O) groups is 2. The van der Waals surface area contributed by atoms with Gasteiger partial charge in [-0.15, -0.1) is 11.6 Å². The molecule has 0 spiro atoms. The second-order valence-corrected chi connectivity index (χ2v) is 10.6. The van der Waals surface area contributed by atoms with E-state index >= 15 is 0 Å². The van der Waals surface area contributed by atoms with Gasteiger partial charge >= 0.3 is 0 Å². The van der Waals surface area contributed by atoms with Gasteiger partial charge in [0.2, 0.25) is 5.82 Å². The van der Waals surface area contributed by atoms with Crippen LogP contribution in [0.1, 0.15) is 17.0 Å². The van der Waals surface area contributed by atoms with Gasteiger partial charge in [-0.1, -0.05) is 11.6 Å². The Morgan fingerprint density at radius 2 is 2.00 bits per heavy atom. The van der Waals surface area contributed by atoms with Crippen LogP contribution in [0, 0.1) is 23.5 Å². The van der Waals surface area contributed by atoms with Crippen molar-refractivity contribution >= 4 is 46.4 Å². The van der Waals surface area contributed by atoms with E-state index in [4.69, 9.17) is 32.7 Å². The first-order chi connectivity index (χ1) is 19.7. The highest BCUT2D eigenvalue weighted by molar-refractivity contribution is 6.33. The molecule has 3 heterocycles. The van der Waals surface area contributed by atoms with Gasteiger partial charge in [0.05, 0.1) is 29.2 Å². The Balaban J connectivity index is 1.28. The fourth-order valence-corrected chi connectivity index (χ4v) is 5.34. The Morgan fingerprint density at radius 3 is 2.78 bits per heavy atom. The first kappa shape index (κ1) is 29.0. The third-order valence-corrected chi connectivity index (χ3v) is 7.86. The van der Waals surface area contributed by atoms with Crippen LogP contribution in [0.3, 0.4) is 0 Å². The summed E-state index contributed by atoms with van der Waals surface area (Å²) in [5.74, 6) is -1.58. The SMILES string of the molecule is CN1C(=O)[C@@H](NC(=O)c2ncc(Cl)c(-c3ccc(F)cc3F)n2)COc2ccc(NCC3CCOCC3CCl)cc21. The summed E-state index contributed by atoms with van der Waals surface area (Å²) in [6.45, 7) is 1.92. The first-order valence-corrected chi connectivity index (χ1v) is 13.9. The lowest BCUT2D eigenvalue weighted by Crippen LogP contribution is -2.49. The minimum absolute atomic E-state index is 0.0319. The van der Waals surface area contributed by atoms with E-state index in [9.17, 15) is 18.4 Å². The molecule has 0 radical (unpaired) electrons. The number of rotatable bonds is 7. The lowest BCUT2D eigenvalue weighted by molar-refractivity contribution is -0.120. The van der Waals surface area contributed by atoms with Crippen LogP contribution >= 0.6 is 23.2 Å². The van der Waals surface area contributed by atoms with Crippen molar-refractivity contribution in [2.45, 2.75) is 12.5 Å². The first-order valence-electron chi connectivity index (χ1n) is 13.0. The Morgan fingerprint density at radius 1 is 1.17 bits per heavy atom. The van der Waals surface area contributed by atoms with Crippen LogP contribution in [0.2, 0.25) is 5.02 Å². The van der Waals surface area contributed by atoms with Crippen molar-refractivity contribution in [3.8, 4) is 17.0 Å². The zero-order chi connectivity index (χ0) is 29.1. The van der Waals surface area contributed by atoms with Gasteiger partial charge in [-0.25, -0.2) is 18.7 Å². The molecule has 2 aliphatic heterocycles. The lowest BCUT2D eigenvalue weighted by Gasteiger charge is -2.30. The summed E-state index contributed by atoms with van der Waals surface area (Å²) < 4.78 is 39.1. The number of ether oxygens (including phenoxy) is 2. The summed E-state index contributed by atoms with van der Waals surface area (Å²) >= 11 is 12.2. The van der Waals surface area contributed by atoms with Gasteiger partial charge in [0, 0.05) is 49.3 Å². The molecular weight excluding hydrogens is 579 g/mol. The topological polar surface area (TPSA) is 106 Å². The standard InChI is InChI=1S/C28H27Cl2F2N5O4/c1-37-23-9-18(33-11-15-6-7-40-13-16(15)10-29)3-5-24(23)41-14-22(28(37)39)35-27(38)26-34-12-20(30)25(36-26)19-4-2-17(31)8-21(19)32/h2-5,8-9,12,15-16,22,33H,6-7,10-11,13-14H2,1H3,(H,35,38)/t15?,16?,22-/m0/s1. The zero-order valence-electron chi connectivity index (χ0n) is 22.0. The molecule has 41 heavy (non-hydrogen) atoms. The van der Waals surface area contributed by atoms with Gasteiger partial charge in [-0.05, 0) is 42.7 Å². The molecule has 9 nitrogen and oxygen atoms in total. The second kappa shape index (κ2) is 12.5. The molecule has 1 fully saturated rings. The summed E-state index contributed by atoms with van der Waals surface area (Å²) in [7, 11) is 1.59. The summed E-state index contributed by atoms with van der Waals surface area (Å²) in [6, 6.07) is 7.28. The van der Waals surface area contributed by atoms with Crippen LogP contribution in [-0.2, 0) is 9.53 Å². The minimum atomic E-state index is -1.06. The third kappa shape index (κ3) is 6.37. The molecule has 3 aromatic rings. The average Bonchev–Trinajstić information content (AvgIpc) is 3.08. The highest BCUT2D eigenvalue weighted by Crippen LogP contribution is 2.34. The van der Waals surface area contributed by atoms with Crippen LogP contribution in [0.25, 0.3) is 11.3 Å². The lowest BCUT2D eigenvalue weighted by atomic mass is 9.90. The highest BCUT2D eigenvalue weighted by atomic mass is 35.5. The van der Waals surface area contributed by atoms with Crippen LogP contribution in [-0.4, -0.2) is 67.1 Å². The number of carbonyl (C=O) groups excluding carboxylic acids is 2. The number of nitrogens with one attached hydrogen (secondary N) is 2. The van der Waals surface area contributed by atoms with Crippen molar-refractivity contribution in [1.82, 2.24) is 15.3 Å². The number of amides is 2. The van der Waals surface area contributed by atoms with Gasteiger partial charge in [0.25, 0.3) is 11.8 Å². The molecule has 5 rings (SSSR count). The number of nitrogens with zero attached hydrogens (tertiary/aromatic N) is 3. The van der Waals surface area contributed by atoms with Crippen molar-refractivity contribution in [3.05, 3.63) is 65.1 Å². The number of aromatic nitrogens is 2. The second-order valence-electron chi connectivity index (χ2n) is 9.85. The van der Waals surface area contributed by atoms with E-state index < -0.39 is 29.5 Å². The maximum Gasteiger partial charge on any atom is 0.289 e. The Bertz CT molecular complexity index is 1460. The molecule has 1 saturated heterocycles. The average molecular weight is 606 g/mol. The molecule has 0 bridgehead atoms. The van der Waals surface area contributed by atoms with E-state index in [1.54, 1.807) is 13.1 Å². The number of hydrogen-bond acceptors (Lipinski definition) is 7. The van der Waals surface area contributed by atoms with Crippen LogP contribution < -0.4 is 20.3 Å². The van der Waals surface area contributed by atoms with E-state index in [1.165, 1.54) is 11.0 Å². The van der Waals surface area contributed by atoms with E-state index in [1.807, 2.05) is 12.1 Å². The molecule has 2 amide bonds. The molecule has 0 aliphatic carbocycles. The predicted molar refractivity (Wildman–Crippen MR) is 151 cm³/mol. The number of fused-ring (bicyclic) bond motifs is 1. The quantitative estimate of drug-likeness (QED) is 0.381. The maximum atomic E-state index is 14.4. The monoisotopic (exact) mass is 605 g/mol. The molecule has 2 aromatic carbocycles. The van der Waals surface area contributed by atoms with Gasteiger partial charge in [-0.2, -0.15) is 0 Å². The van der Waals surface area contributed by atoms with Gasteiger partial charge in [0.15, 0.2) is 0 Å². The van der Waals surface area contributed by atoms with Crippen LogP contribution in [0.4, 0.5) is 20.2 Å². The Labute approximate surface area is 245 Å². The molecule has 2 N–H and O–H groups in total.